The number of halogens is 1. The van der Waals surface area contributed by atoms with Crippen molar-refractivity contribution in [3.8, 4) is 11.5 Å². The van der Waals surface area contributed by atoms with Crippen LogP contribution in [0.15, 0.2) is 59.1 Å². The SMILES string of the molecule is CC(=O)N1C=Cc2ccccc2C1CC(=O)OCc1nnc(-c2ccc(Cl)cc2)o1. The zero-order chi connectivity index (χ0) is 21.1. The number of fused-ring (bicyclic) bond motifs is 1. The predicted molar refractivity (Wildman–Crippen MR) is 110 cm³/mol. The Bertz CT molecular complexity index is 1110. The van der Waals surface area contributed by atoms with Gasteiger partial charge in [-0.05, 0) is 41.5 Å². The summed E-state index contributed by atoms with van der Waals surface area (Å²) in [6.45, 7) is 1.32. The van der Waals surface area contributed by atoms with Crippen LogP contribution in [0, 0.1) is 0 Å². The maximum atomic E-state index is 12.5. The highest BCUT2D eigenvalue weighted by molar-refractivity contribution is 6.30. The van der Waals surface area contributed by atoms with Crippen LogP contribution in [0.2, 0.25) is 5.02 Å². The van der Waals surface area contributed by atoms with Gasteiger partial charge in [-0.2, -0.15) is 0 Å². The van der Waals surface area contributed by atoms with Crippen molar-refractivity contribution in [1.29, 1.82) is 0 Å². The molecule has 2 aromatic carbocycles. The standard InChI is InChI=1S/C22H18ClN3O4/c1-14(27)26-11-10-15-4-2-3-5-18(15)19(26)12-21(28)29-13-20-24-25-22(30-20)16-6-8-17(23)9-7-16/h2-11,19H,12-13H2,1H3. The van der Waals surface area contributed by atoms with E-state index >= 15 is 0 Å². The topological polar surface area (TPSA) is 85.5 Å². The van der Waals surface area contributed by atoms with Gasteiger partial charge in [0.05, 0.1) is 12.5 Å². The molecule has 7 nitrogen and oxygen atoms in total. The minimum Gasteiger partial charge on any atom is -0.456 e. The molecule has 0 bridgehead atoms. The fourth-order valence-electron chi connectivity index (χ4n) is 3.29. The van der Waals surface area contributed by atoms with Gasteiger partial charge in [-0.3, -0.25) is 9.59 Å². The highest BCUT2D eigenvalue weighted by Gasteiger charge is 2.29. The van der Waals surface area contributed by atoms with Crippen molar-refractivity contribution in [2.75, 3.05) is 0 Å². The van der Waals surface area contributed by atoms with Crippen LogP contribution < -0.4 is 0 Å². The van der Waals surface area contributed by atoms with Gasteiger partial charge in [-0.15, -0.1) is 10.2 Å². The third kappa shape index (κ3) is 4.26. The molecule has 0 fully saturated rings. The second-order valence-corrected chi connectivity index (χ2v) is 7.20. The van der Waals surface area contributed by atoms with E-state index in [1.54, 1.807) is 30.5 Å². The average molecular weight is 424 g/mol. The van der Waals surface area contributed by atoms with Gasteiger partial charge in [0.25, 0.3) is 5.89 Å². The van der Waals surface area contributed by atoms with Gasteiger partial charge >= 0.3 is 5.97 Å². The van der Waals surface area contributed by atoms with E-state index in [-0.39, 0.29) is 24.8 Å². The number of hydrogen-bond donors (Lipinski definition) is 0. The molecule has 1 aliphatic heterocycles. The third-order valence-electron chi connectivity index (χ3n) is 4.74. The largest absolute Gasteiger partial charge is 0.456 e. The number of carbonyl (C=O) groups is 2. The van der Waals surface area contributed by atoms with Crippen LogP contribution in [0.5, 0.6) is 0 Å². The predicted octanol–water partition coefficient (Wildman–Crippen LogP) is 4.40. The van der Waals surface area contributed by atoms with Crippen molar-refractivity contribution < 1.29 is 18.7 Å². The number of aromatic nitrogens is 2. The Morgan fingerprint density at radius 2 is 1.90 bits per heavy atom. The molecule has 1 amide bonds. The smallest absolute Gasteiger partial charge is 0.308 e. The van der Waals surface area contributed by atoms with E-state index in [1.165, 1.54) is 11.8 Å². The molecular formula is C22H18ClN3O4. The van der Waals surface area contributed by atoms with Gasteiger partial charge in [0.1, 0.15) is 0 Å². The summed E-state index contributed by atoms with van der Waals surface area (Å²) in [5.41, 5.74) is 2.58. The van der Waals surface area contributed by atoms with E-state index in [1.807, 2.05) is 30.3 Å². The monoisotopic (exact) mass is 423 g/mol. The first-order chi connectivity index (χ1) is 14.5. The van der Waals surface area contributed by atoms with Crippen molar-refractivity contribution in [3.63, 3.8) is 0 Å². The lowest BCUT2D eigenvalue weighted by Crippen LogP contribution is -2.32. The fraction of sp³-hybridized carbons (Fsp3) is 0.182. The van der Waals surface area contributed by atoms with E-state index in [2.05, 4.69) is 10.2 Å². The quantitative estimate of drug-likeness (QED) is 0.565. The van der Waals surface area contributed by atoms with Crippen molar-refractivity contribution in [2.45, 2.75) is 26.0 Å². The maximum absolute atomic E-state index is 12.5. The average Bonchev–Trinajstić information content (AvgIpc) is 3.22. The Labute approximate surface area is 177 Å². The number of carbonyl (C=O) groups excluding carboxylic acids is 2. The van der Waals surface area contributed by atoms with E-state index < -0.39 is 12.0 Å². The van der Waals surface area contributed by atoms with Gasteiger partial charge in [0, 0.05) is 23.7 Å². The first-order valence-corrected chi connectivity index (χ1v) is 9.69. The van der Waals surface area contributed by atoms with Crippen molar-refractivity contribution in [1.82, 2.24) is 15.1 Å². The molecular weight excluding hydrogens is 406 g/mol. The van der Waals surface area contributed by atoms with Crippen LogP contribution >= 0.6 is 11.6 Å². The second kappa shape index (κ2) is 8.51. The zero-order valence-electron chi connectivity index (χ0n) is 16.1. The van der Waals surface area contributed by atoms with Crippen LogP contribution in [0.3, 0.4) is 0 Å². The third-order valence-corrected chi connectivity index (χ3v) is 5.00. The van der Waals surface area contributed by atoms with Crippen molar-refractivity contribution in [2.24, 2.45) is 0 Å². The molecule has 4 rings (SSSR count). The number of nitrogens with zero attached hydrogens (tertiary/aromatic N) is 3. The summed E-state index contributed by atoms with van der Waals surface area (Å²) >= 11 is 5.88. The molecule has 8 heteroatoms. The van der Waals surface area contributed by atoms with Crippen LogP contribution in [0.1, 0.15) is 36.4 Å². The van der Waals surface area contributed by atoms with Crippen LogP contribution in [-0.4, -0.2) is 27.0 Å². The lowest BCUT2D eigenvalue weighted by atomic mass is 9.94. The lowest BCUT2D eigenvalue weighted by Gasteiger charge is -2.32. The van der Waals surface area contributed by atoms with Crippen molar-refractivity contribution >= 4 is 29.6 Å². The Kier molecular flexibility index (Phi) is 5.63. The van der Waals surface area contributed by atoms with E-state index in [9.17, 15) is 9.59 Å². The summed E-state index contributed by atoms with van der Waals surface area (Å²) in [4.78, 5) is 26.0. The van der Waals surface area contributed by atoms with Gasteiger partial charge in [0.2, 0.25) is 11.8 Å². The number of rotatable bonds is 5. The van der Waals surface area contributed by atoms with Crippen LogP contribution in [0.4, 0.5) is 0 Å². The number of hydrogen-bond acceptors (Lipinski definition) is 6. The molecule has 1 aliphatic rings. The molecule has 1 aromatic heterocycles. The first-order valence-electron chi connectivity index (χ1n) is 9.31. The summed E-state index contributed by atoms with van der Waals surface area (Å²) in [5, 5.41) is 8.47. The summed E-state index contributed by atoms with van der Waals surface area (Å²) in [6.07, 6.45) is 3.56. The van der Waals surface area contributed by atoms with Gasteiger partial charge in [-0.25, -0.2) is 0 Å². The second-order valence-electron chi connectivity index (χ2n) is 6.76. The lowest BCUT2D eigenvalue weighted by molar-refractivity contribution is -0.147. The number of ether oxygens (including phenoxy) is 1. The van der Waals surface area contributed by atoms with E-state index in [4.69, 9.17) is 20.8 Å². The molecule has 0 saturated carbocycles. The molecule has 0 saturated heterocycles. The Morgan fingerprint density at radius 1 is 1.13 bits per heavy atom. The van der Waals surface area contributed by atoms with E-state index in [0.29, 0.717) is 16.5 Å². The molecule has 0 radical (unpaired) electrons. The highest BCUT2D eigenvalue weighted by atomic mass is 35.5. The Morgan fingerprint density at radius 3 is 2.67 bits per heavy atom. The number of amides is 1. The summed E-state index contributed by atoms with van der Waals surface area (Å²) in [5.74, 6) is -0.127. The first kappa shape index (κ1) is 19.8. The maximum Gasteiger partial charge on any atom is 0.308 e. The molecule has 0 N–H and O–H groups in total. The molecule has 152 valence electrons. The van der Waals surface area contributed by atoms with E-state index in [0.717, 1.165) is 11.1 Å². The summed E-state index contributed by atoms with van der Waals surface area (Å²) < 4.78 is 10.9. The minimum atomic E-state index is -0.470. The molecule has 0 spiro atoms. The molecule has 3 aromatic rings. The zero-order valence-corrected chi connectivity index (χ0v) is 16.9. The van der Waals surface area contributed by atoms with Crippen molar-refractivity contribution in [3.05, 3.63) is 76.8 Å². The van der Waals surface area contributed by atoms with Crippen LogP contribution in [-0.2, 0) is 20.9 Å². The number of esters is 1. The normalized spacial score (nSPS) is 15.0. The summed E-state index contributed by atoms with van der Waals surface area (Å²) in [7, 11) is 0. The molecule has 1 atom stereocenters. The molecule has 2 heterocycles. The fourth-order valence-corrected chi connectivity index (χ4v) is 3.42. The molecule has 0 aliphatic carbocycles. The minimum absolute atomic E-state index is 0.0130. The molecule has 30 heavy (non-hydrogen) atoms. The Balaban J connectivity index is 1.41. The Hall–Kier alpha value is -3.45. The van der Waals surface area contributed by atoms with Gasteiger partial charge < -0.3 is 14.1 Å². The molecule has 1 unspecified atom stereocenters. The number of benzene rings is 2. The van der Waals surface area contributed by atoms with Crippen LogP contribution in [0.25, 0.3) is 17.5 Å². The van der Waals surface area contributed by atoms with Gasteiger partial charge in [-0.1, -0.05) is 35.9 Å². The van der Waals surface area contributed by atoms with Gasteiger partial charge in [0.15, 0.2) is 6.61 Å². The summed E-state index contributed by atoms with van der Waals surface area (Å²) in [6, 6.07) is 14.2. The highest BCUT2D eigenvalue weighted by Crippen LogP contribution is 2.33.